The van der Waals surface area contributed by atoms with Crippen LogP contribution in [0.5, 0.6) is 5.75 Å². The van der Waals surface area contributed by atoms with Crippen LogP contribution in [0.25, 0.3) is 0 Å². The van der Waals surface area contributed by atoms with Crippen molar-refractivity contribution in [1.82, 2.24) is 9.91 Å². The first-order valence-electron chi connectivity index (χ1n) is 10.1. The van der Waals surface area contributed by atoms with E-state index in [0.717, 1.165) is 5.56 Å². The summed E-state index contributed by atoms with van der Waals surface area (Å²) in [4.78, 5) is 27.0. The van der Waals surface area contributed by atoms with E-state index in [1.807, 2.05) is 18.2 Å². The second-order valence-corrected chi connectivity index (χ2v) is 7.37. The Morgan fingerprint density at radius 2 is 1.91 bits per heavy atom. The number of carbonyl (C=O) groups excluding carboxylic acids is 2. The molecule has 0 saturated carbocycles. The zero-order valence-electron chi connectivity index (χ0n) is 17.7. The van der Waals surface area contributed by atoms with Crippen molar-refractivity contribution in [3.05, 3.63) is 89.6 Å². The maximum Gasteiger partial charge on any atom is 0.289 e. The third-order valence-corrected chi connectivity index (χ3v) is 5.30. The highest BCUT2D eigenvalue weighted by Crippen LogP contribution is 2.37. The number of halogens is 1. The normalized spacial score (nSPS) is 15.4. The fourth-order valence-electron chi connectivity index (χ4n) is 3.72. The fraction of sp³-hybridized carbons (Fsp3) is 0.208. The van der Waals surface area contributed by atoms with E-state index in [0.29, 0.717) is 23.4 Å². The van der Waals surface area contributed by atoms with Crippen molar-refractivity contribution in [1.29, 1.82) is 0 Å². The minimum absolute atomic E-state index is 0.138. The van der Waals surface area contributed by atoms with Crippen LogP contribution in [-0.4, -0.2) is 48.1 Å². The molecule has 0 radical (unpaired) electrons. The Bertz CT molecular complexity index is 1160. The fourth-order valence-corrected chi connectivity index (χ4v) is 3.72. The quantitative estimate of drug-likeness (QED) is 0.589. The van der Waals surface area contributed by atoms with E-state index in [1.54, 1.807) is 37.4 Å². The van der Waals surface area contributed by atoms with Gasteiger partial charge in [-0.15, -0.1) is 0 Å². The van der Waals surface area contributed by atoms with Gasteiger partial charge in [-0.1, -0.05) is 36.4 Å². The lowest BCUT2D eigenvalue weighted by Crippen LogP contribution is -2.39. The number of benzene rings is 2. The number of likely N-dealkylation sites (N-methyl/N-ethyl adjacent to an activating group) is 1. The molecule has 0 unspecified atom stereocenters. The molecule has 8 heteroatoms. The maximum atomic E-state index is 14.4. The van der Waals surface area contributed by atoms with Crippen LogP contribution < -0.4 is 4.74 Å². The molecule has 0 N–H and O–H groups in total. The Morgan fingerprint density at radius 3 is 2.62 bits per heavy atom. The Hall–Kier alpha value is -3.94. The highest BCUT2D eigenvalue weighted by Gasteiger charge is 2.36. The van der Waals surface area contributed by atoms with Crippen molar-refractivity contribution in [3.8, 4) is 5.75 Å². The summed E-state index contributed by atoms with van der Waals surface area (Å²) in [6, 6.07) is 16.3. The molecular formula is C24H22FN3O4. The first kappa shape index (κ1) is 21.3. The van der Waals surface area contributed by atoms with Crippen LogP contribution in [-0.2, 0) is 4.79 Å². The van der Waals surface area contributed by atoms with E-state index in [9.17, 15) is 14.0 Å². The van der Waals surface area contributed by atoms with Gasteiger partial charge in [-0.3, -0.25) is 9.59 Å². The van der Waals surface area contributed by atoms with Gasteiger partial charge in [0, 0.05) is 24.6 Å². The first-order chi connectivity index (χ1) is 15.5. The van der Waals surface area contributed by atoms with Crippen molar-refractivity contribution in [2.24, 2.45) is 5.10 Å². The Kier molecular flexibility index (Phi) is 6.02. The monoisotopic (exact) mass is 435 g/mol. The average molecular weight is 435 g/mol. The molecule has 2 amide bonds. The van der Waals surface area contributed by atoms with E-state index >= 15 is 0 Å². The number of nitrogens with zero attached hydrogens (tertiary/aromatic N) is 3. The van der Waals surface area contributed by atoms with Crippen LogP contribution in [0.4, 0.5) is 4.39 Å². The van der Waals surface area contributed by atoms with Crippen molar-refractivity contribution >= 4 is 17.5 Å². The summed E-state index contributed by atoms with van der Waals surface area (Å²) in [5, 5.41) is 5.78. The summed E-state index contributed by atoms with van der Waals surface area (Å²) in [5.41, 5.74) is 1.54. The first-order valence-corrected chi connectivity index (χ1v) is 10.1. The molecule has 0 spiro atoms. The maximum absolute atomic E-state index is 14.4. The molecule has 0 saturated heterocycles. The summed E-state index contributed by atoms with van der Waals surface area (Å²) in [5.74, 6) is -0.507. The summed E-state index contributed by atoms with van der Waals surface area (Å²) in [7, 11) is 3.06. The number of furan rings is 1. The minimum Gasteiger partial charge on any atom is -0.496 e. The summed E-state index contributed by atoms with van der Waals surface area (Å²) < 4.78 is 25.1. The molecule has 1 aliphatic rings. The molecule has 1 atom stereocenters. The molecule has 0 fully saturated rings. The Balaban J connectivity index is 1.65. The number of carbonyl (C=O) groups is 2. The Labute approximate surface area is 184 Å². The molecule has 32 heavy (non-hydrogen) atoms. The molecule has 7 nitrogen and oxygen atoms in total. The van der Waals surface area contributed by atoms with Crippen LogP contribution in [0.3, 0.4) is 0 Å². The third-order valence-electron chi connectivity index (χ3n) is 5.30. The number of ether oxygens (including phenoxy) is 1. The summed E-state index contributed by atoms with van der Waals surface area (Å²) in [6.07, 6.45) is 1.70. The van der Waals surface area contributed by atoms with Crippen LogP contribution >= 0.6 is 0 Å². The number of para-hydroxylation sites is 1. The highest BCUT2D eigenvalue weighted by atomic mass is 19.1. The molecule has 1 aromatic heterocycles. The standard InChI is InChI=1S/C24H22FN3O4/c1-27(24(30)22-12-7-13-32-22)15-23(29)28-20(17-9-4-6-11-21(17)31-2)14-19(26-28)16-8-3-5-10-18(16)25/h3-13,20H,14-15H2,1-2H3/t20-/m1/s1. The largest absolute Gasteiger partial charge is 0.496 e. The minimum atomic E-state index is -0.500. The van der Waals surface area contributed by atoms with Crippen molar-refractivity contribution < 1.29 is 23.1 Å². The number of methoxy groups -OCH3 is 1. The lowest BCUT2D eigenvalue weighted by atomic mass is 9.97. The topological polar surface area (TPSA) is 75.3 Å². The SMILES string of the molecule is COc1ccccc1[C@H]1CC(c2ccccc2F)=NN1C(=O)CN(C)C(=O)c1ccco1. The lowest BCUT2D eigenvalue weighted by molar-refractivity contribution is -0.133. The molecule has 2 aromatic carbocycles. The molecule has 1 aliphatic heterocycles. The number of amides is 2. The van der Waals surface area contributed by atoms with Crippen LogP contribution in [0.1, 0.15) is 34.1 Å². The zero-order chi connectivity index (χ0) is 22.7. The average Bonchev–Trinajstić information content (AvgIpc) is 3.49. The lowest BCUT2D eigenvalue weighted by Gasteiger charge is -2.25. The molecule has 4 rings (SSSR count). The second-order valence-electron chi connectivity index (χ2n) is 7.37. The van der Waals surface area contributed by atoms with E-state index in [1.165, 1.54) is 35.4 Å². The van der Waals surface area contributed by atoms with Gasteiger partial charge < -0.3 is 14.1 Å². The molecule has 164 valence electrons. The Morgan fingerprint density at radius 1 is 1.16 bits per heavy atom. The van der Waals surface area contributed by atoms with Gasteiger partial charge in [0.15, 0.2) is 5.76 Å². The molecular weight excluding hydrogens is 413 g/mol. The predicted octanol–water partition coefficient (Wildman–Crippen LogP) is 3.88. The van der Waals surface area contributed by atoms with Crippen molar-refractivity contribution in [3.63, 3.8) is 0 Å². The number of hydrogen-bond donors (Lipinski definition) is 0. The predicted molar refractivity (Wildman–Crippen MR) is 116 cm³/mol. The van der Waals surface area contributed by atoms with E-state index < -0.39 is 23.7 Å². The van der Waals surface area contributed by atoms with Crippen molar-refractivity contribution in [2.45, 2.75) is 12.5 Å². The smallest absolute Gasteiger partial charge is 0.289 e. The van der Waals surface area contributed by atoms with Gasteiger partial charge in [0.1, 0.15) is 18.1 Å². The van der Waals surface area contributed by atoms with Gasteiger partial charge in [0.25, 0.3) is 11.8 Å². The van der Waals surface area contributed by atoms with Gasteiger partial charge in [-0.05, 0) is 24.3 Å². The van der Waals surface area contributed by atoms with Gasteiger partial charge in [-0.25, -0.2) is 9.40 Å². The summed E-state index contributed by atoms with van der Waals surface area (Å²) >= 11 is 0. The summed E-state index contributed by atoms with van der Waals surface area (Å²) in [6.45, 7) is -0.223. The van der Waals surface area contributed by atoms with Gasteiger partial charge >= 0.3 is 0 Å². The van der Waals surface area contributed by atoms with Gasteiger partial charge in [0.2, 0.25) is 0 Å². The molecule has 2 heterocycles. The van der Waals surface area contributed by atoms with Gasteiger partial charge in [0.05, 0.1) is 25.1 Å². The van der Waals surface area contributed by atoms with Crippen molar-refractivity contribution in [2.75, 3.05) is 20.7 Å². The third kappa shape index (κ3) is 4.12. The van der Waals surface area contributed by atoms with E-state index in [4.69, 9.17) is 9.15 Å². The zero-order valence-corrected chi connectivity index (χ0v) is 17.7. The van der Waals surface area contributed by atoms with E-state index in [2.05, 4.69) is 5.10 Å². The number of rotatable bonds is 6. The second kappa shape index (κ2) is 9.05. The van der Waals surface area contributed by atoms with Crippen LogP contribution in [0.2, 0.25) is 0 Å². The molecule has 0 aliphatic carbocycles. The van der Waals surface area contributed by atoms with Crippen LogP contribution in [0, 0.1) is 5.82 Å². The highest BCUT2D eigenvalue weighted by molar-refractivity contribution is 6.04. The molecule has 3 aromatic rings. The van der Waals surface area contributed by atoms with Crippen LogP contribution in [0.15, 0.2) is 76.4 Å². The molecule has 0 bridgehead atoms. The van der Waals surface area contributed by atoms with Gasteiger partial charge in [-0.2, -0.15) is 5.10 Å². The van der Waals surface area contributed by atoms with E-state index in [-0.39, 0.29) is 12.3 Å². The number of hydrogen-bond acceptors (Lipinski definition) is 5. The number of hydrazone groups is 1.